The Kier molecular flexibility index (Phi) is 11.2. The van der Waals surface area contributed by atoms with Crippen LogP contribution >= 0.6 is 11.6 Å². The summed E-state index contributed by atoms with van der Waals surface area (Å²) in [6.07, 6.45) is 6.45. The van der Waals surface area contributed by atoms with Gasteiger partial charge in [-0.1, -0.05) is 54.1 Å². The number of nitrogens with zero attached hydrogens (tertiary/aromatic N) is 2. The van der Waals surface area contributed by atoms with Crippen molar-refractivity contribution in [1.29, 1.82) is 0 Å². The van der Waals surface area contributed by atoms with Crippen molar-refractivity contribution in [2.75, 3.05) is 26.2 Å². The number of esters is 1. The summed E-state index contributed by atoms with van der Waals surface area (Å²) in [4.78, 5) is 15.4. The molecule has 5 nitrogen and oxygen atoms in total. The first-order chi connectivity index (χ1) is 21.0. The van der Waals surface area contributed by atoms with Crippen molar-refractivity contribution in [3.05, 3.63) is 101 Å². The number of aryl methyl sites for hydroxylation is 3. The van der Waals surface area contributed by atoms with Gasteiger partial charge in [-0.25, -0.2) is 0 Å². The average molecular weight is 601 g/mol. The van der Waals surface area contributed by atoms with E-state index < -0.39 is 0 Å². The van der Waals surface area contributed by atoms with Crippen LogP contribution in [-0.2, 0) is 29.1 Å². The van der Waals surface area contributed by atoms with Crippen molar-refractivity contribution < 1.29 is 14.3 Å². The summed E-state index contributed by atoms with van der Waals surface area (Å²) in [5.74, 6) is 1.33. The van der Waals surface area contributed by atoms with E-state index in [4.69, 9.17) is 21.1 Å². The Morgan fingerprint density at radius 2 is 1.86 bits per heavy atom. The molecule has 0 radical (unpaired) electrons. The Hall–Kier alpha value is -3.28. The van der Waals surface area contributed by atoms with E-state index in [1.165, 1.54) is 47.0 Å². The van der Waals surface area contributed by atoms with Gasteiger partial charge in [-0.2, -0.15) is 0 Å². The Morgan fingerprint density at radius 3 is 2.65 bits per heavy atom. The van der Waals surface area contributed by atoms with E-state index in [1.54, 1.807) is 0 Å². The SMILES string of the molecule is CCOC(=O)C(CCc1ccccc1)CN1CCCC(CCCn2c(COc3ccc(Cl)cc3)cc3c(C)cccc32)C1. The number of piperidine rings is 1. The van der Waals surface area contributed by atoms with Crippen LogP contribution in [0.15, 0.2) is 78.9 Å². The quantitative estimate of drug-likeness (QED) is 0.136. The number of carbonyl (C=O) groups excluding carboxylic acids is 1. The van der Waals surface area contributed by atoms with Gasteiger partial charge in [0.15, 0.2) is 0 Å². The lowest BCUT2D eigenvalue weighted by Gasteiger charge is -2.34. The number of hydrogen-bond acceptors (Lipinski definition) is 4. The number of likely N-dealkylation sites (tertiary alicyclic amines) is 1. The van der Waals surface area contributed by atoms with E-state index in [9.17, 15) is 4.79 Å². The minimum absolute atomic E-state index is 0.0521. The van der Waals surface area contributed by atoms with Gasteiger partial charge in [0.1, 0.15) is 12.4 Å². The normalized spacial score (nSPS) is 16.3. The number of fused-ring (bicyclic) bond motifs is 1. The lowest BCUT2D eigenvalue weighted by molar-refractivity contribution is -0.149. The van der Waals surface area contributed by atoms with Crippen LogP contribution in [0.25, 0.3) is 10.9 Å². The number of aromatic nitrogens is 1. The van der Waals surface area contributed by atoms with Gasteiger partial charge in [0.2, 0.25) is 0 Å². The highest BCUT2D eigenvalue weighted by atomic mass is 35.5. The van der Waals surface area contributed by atoms with Crippen LogP contribution in [0.3, 0.4) is 0 Å². The van der Waals surface area contributed by atoms with E-state index in [1.807, 2.05) is 37.3 Å². The predicted octanol–water partition coefficient (Wildman–Crippen LogP) is 8.49. The third kappa shape index (κ3) is 8.64. The van der Waals surface area contributed by atoms with E-state index in [-0.39, 0.29) is 11.9 Å². The third-order valence-electron chi connectivity index (χ3n) is 8.77. The van der Waals surface area contributed by atoms with Gasteiger partial charge in [0.25, 0.3) is 0 Å². The summed E-state index contributed by atoms with van der Waals surface area (Å²) >= 11 is 6.06. The van der Waals surface area contributed by atoms with E-state index in [2.05, 4.69) is 64.9 Å². The fourth-order valence-electron chi connectivity index (χ4n) is 6.49. The topological polar surface area (TPSA) is 43.7 Å². The molecule has 0 N–H and O–H groups in total. The van der Waals surface area contributed by atoms with E-state index in [0.717, 1.165) is 51.2 Å². The first kappa shape index (κ1) is 31.2. The lowest BCUT2D eigenvalue weighted by Crippen LogP contribution is -2.41. The molecule has 0 saturated carbocycles. The summed E-state index contributed by atoms with van der Waals surface area (Å²) < 4.78 is 14.1. The van der Waals surface area contributed by atoms with Gasteiger partial charge < -0.3 is 18.9 Å². The van der Waals surface area contributed by atoms with Crippen LogP contribution in [0.1, 0.15) is 55.8 Å². The monoisotopic (exact) mass is 600 g/mol. The molecule has 2 heterocycles. The molecule has 0 amide bonds. The van der Waals surface area contributed by atoms with E-state index >= 15 is 0 Å². The molecule has 4 aromatic rings. The molecule has 43 heavy (non-hydrogen) atoms. The van der Waals surface area contributed by atoms with Gasteiger partial charge >= 0.3 is 5.97 Å². The number of benzene rings is 3. The molecule has 0 spiro atoms. The predicted molar refractivity (Wildman–Crippen MR) is 176 cm³/mol. The molecule has 228 valence electrons. The van der Waals surface area contributed by atoms with Gasteiger partial charge in [-0.15, -0.1) is 0 Å². The molecule has 1 fully saturated rings. The first-order valence-electron chi connectivity index (χ1n) is 15.9. The molecule has 6 heteroatoms. The molecule has 1 aliphatic heterocycles. The summed E-state index contributed by atoms with van der Waals surface area (Å²) in [7, 11) is 0. The molecule has 0 bridgehead atoms. The molecule has 1 aliphatic rings. The fourth-order valence-corrected chi connectivity index (χ4v) is 6.62. The van der Waals surface area contributed by atoms with Crippen LogP contribution in [-0.4, -0.2) is 41.7 Å². The average Bonchev–Trinajstić information content (AvgIpc) is 3.38. The van der Waals surface area contributed by atoms with E-state index in [0.29, 0.717) is 24.2 Å². The van der Waals surface area contributed by atoms with Crippen molar-refractivity contribution >= 4 is 28.5 Å². The standard InChI is InChI=1S/C37H45ClN2O3/c1-3-42-37(41)31(17-16-29-11-5-4-6-12-29)26-39-22-8-13-30(25-39)14-9-23-40-33(24-35-28(2)10-7-15-36(35)40)27-43-34-20-18-32(38)19-21-34/h4-7,10-12,15,18-21,24,30-31H,3,8-9,13-14,16-17,22-23,25-27H2,1-2H3. The van der Waals surface area contributed by atoms with Gasteiger partial charge in [-0.3, -0.25) is 4.79 Å². The molecule has 2 unspecified atom stereocenters. The Bertz CT molecular complexity index is 1450. The zero-order valence-corrected chi connectivity index (χ0v) is 26.4. The highest BCUT2D eigenvalue weighted by Gasteiger charge is 2.27. The van der Waals surface area contributed by atoms with Crippen LogP contribution in [0.5, 0.6) is 5.75 Å². The zero-order valence-electron chi connectivity index (χ0n) is 25.6. The molecule has 1 aromatic heterocycles. The van der Waals surface area contributed by atoms with Crippen molar-refractivity contribution in [1.82, 2.24) is 9.47 Å². The number of ether oxygens (including phenoxy) is 2. The maximum Gasteiger partial charge on any atom is 0.310 e. The van der Waals surface area contributed by atoms with Gasteiger partial charge in [0, 0.05) is 35.6 Å². The second-order valence-corrected chi connectivity index (χ2v) is 12.4. The smallest absolute Gasteiger partial charge is 0.310 e. The van der Waals surface area contributed by atoms with Crippen molar-refractivity contribution in [3.8, 4) is 5.75 Å². The van der Waals surface area contributed by atoms with Crippen LogP contribution in [0.2, 0.25) is 5.02 Å². The molecule has 2 atom stereocenters. The lowest BCUT2D eigenvalue weighted by atomic mass is 9.91. The van der Waals surface area contributed by atoms with Crippen LogP contribution in [0.4, 0.5) is 0 Å². The largest absolute Gasteiger partial charge is 0.487 e. The Morgan fingerprint density at radius 1 is 1.05 bits per heavy atom. The highest BCUT2D eigenvalue weighted by Crippen LogP contribution is 2.28. The highest BCUT2D eigenvalue weighted by molar-refractivity contribution is 6.30. The van der Waals surface area contributed by atoms with Gasteiger partial charge in [-0.05, 0) is 112 Å². The second kappa shape index (κ2) is 15.4. The van der Waals surface area contributed by atoms with Gasteiger partial charge in [0.05, 0.1) is 18.2 Å². The summed E-state index contributed by atoms with van der Waals surface area (Å²) in [6, 6.07) is 26.9. The minimum Gasteiger partial charge on any atom is -0.487 e. The number of rotatable bonds is 14. The summed E-state index contributed by atoms with van der Waals surface area (Å²) in [5.41, 5.74) is 5.03. The Labute approximate surface area is 261 Å². The fraction of sp³-hybridized carbons (Fsp3) is 0.432. The molecule has 1 saturated heterocycles. The summed E-state index contributed by atoms with van der Waals surface area (Å²) in [5, 5.41) is 2.00. The molecule has 3 aromatic carbocycles. The minimum atomic E-state index is -0.0865. The number of hydrogen-bond donors (Lipinski definition) is 0. The Balaban J connectivity index is 1.18. The van der Waals surface area contributed by atoms with Crippen molar-refractivity contribution in [2.24, 2.45) is 11.8 Å². The van der Waals surface area contributed by atoms with Crippen LogP contribution < -0.4 is 4.74 Å². The molecular weight excluding hydrogens is 556 g/mol. The molecule has 0 aliphatic carbocycles. The number of carbonyl (C=O) groups is 1. The van der Waals surface area contributed by atoms with Crippen LogP contribution in [0, 0.1) is 18.8 Å². The molecule has 5 rings (SSSR count). The number of halogens is 1. The zero-order chi connectivity index (χ0) is 30.0. The van der Waals surface area contributed by atoms with Crippen molar-refractivity contribution in [2.45, 2.75) is 65.5 Å². The first-order valence-corrected chi connectivity index (χ1v) is 16.3. The molecular formula is C37H45ClN2O3. The summed E-state index contributed by atoms with van der Waals surface area (Å²) in [6.45, 7) is 8.89. The third-order valence-corrected chi connectivity index (χ3v) is 9.02. The maximum absolute atomic E-state index is 12.9. The maximum atomic E-state index is 12.9. The second-order valence-electron chi connectivity index (χ2n) is 11.9. The van der Waals surface area contributed by atoms with Crippen molar-refractivity contribution in [3.63, 3.8) is 0 Å².